The smallest absolute Gasteiger partial charge is 0.272 e. The van der Waals surface area contributed by atoms with E-state index >= 15 is 0 Å². The van der Waals surface area contributed by atoms with Gasteiger partial charge < -0.3 is 20.7 Å². The van der Waals surface area contributed by atoms with E-state index in [1.807, 2.05) is 35.7 Å². The van der Waals surface area contributed by atoms with Crippen LogP contribution in [0.25, 0.3) is 17.3 Å². The number of aromatic nitrogens is 1. The number of ether oxygens (including phenoxy) is 1. The van der Waals surface area contributed by atoms with Crippen LogP contribution >= 0.6 is 23.1 Å². The van der Waals surface area contributed by atoms with Gasteiger partial charge in [0, 0.05) is 32.7 Å². The number of rotatable bonds is 11. The third-order valence-electron chi connectivity index (χ3n) is 6.61. The number of thiazole rings is 1. The monoisotopic (exact) mass is 652 g/mol. The second kappa shape index (κ2) is 15.2. The van der Waals surface area contributed by atoms with Crippen LogP contribution in [0.5, 0.6) is 5.75 Å². The molecule has 11 heteroatoms. The molecule has 0 aliphatic heterocycles. The zero-order valence-corrected chi connectivity index (χ0v) is 26.5. The van der Waals surface area contributed by atoms with Gasteiger partial charge in [0.2, 0.25) is 5.91 Å². The van der Waals surface area contributed by atoms with Gasteiger partial charge in [-0.2, -0.15) is 0 Å². The molecule has 4 aromatic carbocycles. The van der Waals surface area contributed by atoms with Crippen molar-refractivity contribution in [3.63, 3.8) is 0 Å². The first-order valence-corrected chi connectivity index (χ1v) is 15.9. The average Bonchev–Trinajstić information content (AvgIpc) is 3.54. The molecule has 5 aromatic rings. The lowest BCUT2D eigenvalue weighted by Crippen LogP contribution is -2.30. The average molecular weight is 653 g/mol. The van der Waals surface area contributed by atoms with Gasteiger partial charge in [-0.25, -0.2) is 9.37 Å². The van der Waals surface area contributed by atoms with Crippen LogP contribution in [0.15, 0.2) is 119 Å². The van der Waals surface area contributed by atoms with Crippen LogP contribution in [0, 0.1) is 5.82 Å². The van der Waals surface area contributed by atoms with E-state index in [0.29, 0.717) is 22.1 Å². The van der Waals surface area contributed by atoms with Gasteiger partial charge in [0.15, 0.2) is 5.13 Å². The molecular formula is C35H29FN4O4S2. The van der Waals surface area contributed by atoms with Crippen molar-refractivity contribution >= 4 is 57.7 Å². The summed E-state index contributed by atoms with van der Waals surface area (Å²) in [4.78, 5) is 44.5. The number of carbonyl (C=O) groups is 3. The minimum absolute atomic E-state index is 0.137. The molecule has 0 spiro atoms. The largest absolute Gasteiger partial charge is 0.497 e. The van der Waals surface area contributed by atoms with Crippen molar-refractivity contribution < 1.29 is 23.5 Å². The molecule has 1 unspecified atom stereocenters. The second-order valence-corrected chi connectivity index (χ2v) is 12.2. The Hall–Kier alpha value is -5.26. The predicted molar refractivity (Wildman–Crippen MR) is 181 cm³/mol. The van der Waals surface area contributed by atoms with Crippen LogP contribution < -0.4 is 20.7 Å². The molecule has 0 radical (unpaired) electrons. The number of hydrogen-bond acceptors (Lipinski definition) is 7. The summed E-state index contributed by atoms with van der Waals surface area (Å²) in [7, 11) is 1.60. The van der Waals surface area contributed by atoms with Crippen molar-refractivity contribution in [2.24, 2.45) is 0 Å². The number of nitrogens with one attached hydrogen (secondary N) is 3. The number of carbonyl (C=O) groups excluding carboxylic acids is 3. The molecule has 0 fully saturated rings. The van der Waals surface area contributed by atoms with Crippen LogP contribution in [0.4, 0.5) is 15.2 Å². The van der Waals surface area contributed by atoms with Crippen molar-refractivity contribution in [3.8, 4) is 17.0 Å². The number of halogens is 1. The fourth-order valence-corrected chi connectivity index (χ4v) is 5.90. The molecule has 0 aliphatic rings. The molecule has 3 amide bonds. The maximum Gasteiger partial charge on any atom is 0.272 e. The number of methoxy groups -OCH3 is 1. The first-order valence-electron chi connectivity index (χ1n) is 14.1. The standard InChI is InChI=1S/C35H29FN4O4S2/c1-22(32(41)40-35-39-31(21-45-35)25-13-8-15-27(18-25)44-2)46-28-16-9-14-26(20-28)37-34(43)30(19-24-12-6-7-17-29(24)36)38-33(42)23-10-4-3-5-11-23/h3-22H,1-2H3,(H,37,43)(H,38,42)(H,39,40,41)/b30-19-. The Morgan fingerprint density at radius 2 is 1.67 bits per heavy atom. The highest BCUT2D eigenvalue weighted by atomic mass is 32.2. The summed E-state index contributed by atoms with van der Waals surface area (Å²) >= 11 is 2.63. The molecule has 8 nitrogen and oxygen atoms in total. The van der Waals surface area contributed by atoms with Crippen molar-refractivity contribution in [3.05, 3.63) is 131 Å². The molecule has 0 bridgehead atoms. The topological polar surface area (TPSA) is 109 Å². The highest BCUT2D eigenvalue weighted by Gasteiger charge is 2.19. The number of thioether (sulfide) groups is 1. The molecule has 1 aromatic heterocycles. The van der Waals surface area contributed by atoms with E-state index in [9.17, 15) is 18.8 Å². The van der Waals surface area contributed by atoms with Gasteiger partial charge in [-0.15, -0.1) is 23.1 Å². The maximum absolute atomic E-state index is 14.5. The summed E-state index contributed by atoms with van der Waals surface area (Å²) in [6.07, 6.45) is 1.29. The summed E-state index contributed by atoms with van der Waals surface area (Å²) < 4.78 is 19.7. The molecule has 1 atom stereocenters. The van der Waals surface area contributed by atoms with E-state index in [4.69, 9.17) is 4.74 Å². The third kappa shape index (κ3) is 8.46. The highest BCUT2D eigenvalue weighted by molar-refractivity contribution is 8.00. The summed E-state index contributed by atoms with van der Waals surface area (Å²) in [5.41, 5.74) is 2.38. The first-order chi connectivity index (χ1) is 22.3. The molecule has 46 heavy (non-hydrogen) atoms. The van der Waals surface area contributed by atoms with Crippen molar-refractivity contribution in [1.82, 2.24) is 10.3 Å². The van der Waals surface area contributed by atoms with Gasteiger partial charge in [0.1, 0.15) is 17.3 Å². The molecule has 0 saturated carbocycles. The van der Waals surface area contributed by atoms with E-state index < -0.39 is 22.9 Å². The summed E-state index contributed by atoms with van der Waals surface area (Å²) in [6.45, 7) is 1.77. The number of hydrogen-bond donors (Lipinski definition) is 3. The van der Waals surface area contributed by atoms with Crippen molar-refractivity contribution in [2.45, 2.75) is 17.1 Å². The Bertz CT molecular complexity index is 1890. The minimum atomic E-state index is -0.643. The third-order valence-corrected chi connectivity index (χ3v) is 8.46. The SMILES string of the molecule is COc1cccc(-c2csc(NC(=O)C(C)Sc3cccc(NC(=O)/C(=C/c4ccccc4F)NC(=O)c4ccccc4)c3)n2)c1. The zero-order chi connectivity index (χ0) is 32.5. The summed E-state index contributed by atoms with van der Waals surface area (Å²) in [5, 5.41) is 10.1. The van der Waals surface area contributed by atoms with Crippen LogP contribution in [-0.4, -0.2) is 35.1 Å². The number of anilines is 2. The molecule has 0 aliphatic carbocycles. The van der Waals surface area contributed by atoms with E-state index in [0.717, 1.165) is 16.2 Å². The number of amides is 3. The quantitative estimate of drug-likeness (QED) is 0.101. The Labute approximate surface area is 273 Å². The van der Waals surface area contributed by atoms with Crippen molar-refractivity contribution in [1.29, 1.82) is 0 Å². The van der Waals surface area contributed by atoms with Gasteiger partial charge in [-0.05, 0) is 61.5 Å². The Morgan fingerprint density at radius 3 is 2.46 bits per heavy atom. The maximum atomic E-state index is 14.5. The van der Waals surface area contributed by atoms with E-state index in [1.165, 1.54) is 47.4 Å². The lowest BCUT2D eigenvalue weighted by atomic mass is 10.1. The van der Waals surface area contributed by atoms with Gasteiger partial charge in [0.05, 0.1) is 18.1 Å². The van der Waals surface area contributed by atoms with Gasteiger partial charge in [-0.3, -0.25) is 14.4 Å². The van der Waals surface area contributed by atoms with Gasteiger partial charge in [0.25, 0.3) is 11.8 Å². The normalized spacial score (nSPS) is 11.8. The Morgan fingerprint density at radius 1 is 0.913 bits per heavy atom. The van der Waals surface area contributed by atoms with E-state index in [1.54, 1.807) is 68.6 Å². The first kappa shape index (κ1) is 32.1. The highest BCUT2D eigenvalue weighted by Crippen LogP contribution is 2.30. The number of nitrogens with zero attached hydrogens (tertiary/aromatic N) is 1. The van der Waals surface area contributed by atoms with Crippen LogP contribution in [0.2, 0.25) is 0 Å². The van der Waals surface area contributed by atoms with Gasteiger partial charge in [-0.1, -0.05) is 54.6 Å². The van der Waals surface area contributed by atoms with E-state index in [2.05, 4.69) is 20.9 Å². The van der Waals surface area contributed by atoms with Crippen LogP contribution in [-0.2, 0) is 9.59 Å². The minimum Gasteiger partial charge on any atom is -0.497 e. The fourth-order valence-electron chi connectivity index (χ4n) is 4.25. The van der Waals surface area contributed by atoms with Crippen LogP contribution in [0.3, 0.4) is 0 Å². The molecular weight excluding hydrogens is 624 g/mol. The summed E-state index contributed by atoms with van der Waals surface area (Å²) in [5.74, 6) is -1.21. The molecule has 5 rings (SSSR count). The number of benzene rings is 4. The Balaban J connectivity index is 1.25. The molecule has 0 saturated heterocycles. The summed E-state index contributed by atoms with van der Waals surface area (Å²) in [6, 6.07) is 28.8. The lowest BCUT2D eigenvalue weighted by molar-refractivity contribution is -0.115. The van der Waals surface area contributed by atoms with Crippen molar-refractivity contribution in [2.75, 3.05) is 17.7 Å². The molecule has 3 N–H and O–H groups in total. The molecule has 1 heterocycles. The van der Waals surface area contributed by atoms with Gasteiger partial charge >= 0.3 is 0 Å². The zero-order valence-electron chi connectivity index (χ0n) is 24.8. The Kier molecular flexibility index (Phi) is 10.6. The fraction of sp³-hybridized carbons (Fsp3) is 0.0857. The predicted octanol–water partition coefficient (Wildman–Crippen LogP) is 7.49. The second-order valence-electron chi connectivity index (χ2n) is 9.90. The van der Waals surface area contributed by atoms with E-state index in [-0.39, 0.29) is 17.2 Å². The molecule has 232 valence electrons. The lowest BCUT2D eigenvalue weighted by Gasteiger charge is -2.14. The van der Waals surface area contributed by atoms with Crippen LogP contribution in [0.1, 0.15) is 22.8 Å².